The van der Waals surface area contributed by atoms with Gasteiger partial charge in [-0.05, 0) is 30.7 Å². The second kappa shape index (κ2) is 9.67. The number of nitrogens with one attached hydrogen (secondary N) is 1. The fourth-order valence-electron chi connectivity index (χ4n) is 2.83. The predicted molar refractivity (Wildman–Crippen MR) is 123 cm³/mol. The van der Waals surface area contributed by atoms with Crippen molar-refractivity contribution in [3.63, 3.8) is 0 Å². The summed E-state index contributed by atoms with van der Waals surface area (Å²) in [5, 5.41) is 5.31. The third-order valence-corrected chi connectivity index (χ3v) is 5.72. The SMILES string of the molecule is Cc1ccc(NC(=O)C(OC(=O)c2csc(-c3ncccn3)n2)c2ccccc2)cc1Cl. The summed E-state index contributed by atoms with van der Waals surface area (Å²) < 4.78 is 5.58. The molecule has 4 aromatic rings. The number of thiazole rings is 1. The largest absolute Gasteiger partial charge is 0.443 e. The number of ether oxygens (including phenoxy) is 1. The molecule has 2 aromatic carbocycles. The molecule has 1 amide bonds. The van der Waals surface area contributed by atoms with E-state index in [9.17, 15) is 9.59 Å². The molecule has 4 rings (SSSR count). The third-order valence-electron chi connectivity index (χ3n) is 4.48. The van der Waals surface area contributed by atoms with E-state index in [1.807, 2.05) is 13.0 Å². The van der Waals surface area contributed by atoms with Gasteiger partial charge >= 0.3 is 5.97 Å². The van der Waals surface area contributed by atoms with Gasteiger partial charge in [0.2, 0.25) is 6.10 Å². The average Bonchev–Trinajstić information content (AvgIpc) is 3.31. The first-order valence-electron chi connectivity index (χ1n) is 9.57. The first-order chi connectivity index (χ1) is 15.5. The van der Waals surface area contributed by atoms with Crippen LogP contribution in [0.3, 0.4) is 0 Å². The Hall–Kier alpha value is -3.62. The molecule has 0 aliphatic rings. The molecular weight excluding hydrogens is 448 g/mol. The number of carbonyl (C=O) groups is 2. The van der Waals surface area contributed by atoms with Gasteiger partial charge in [-0.3, -0.25) is 4.79 Å². The molecule has 32 heavy (non-hydrogen) atoms. The highest BCUT2D eigenvalue weighted by Crippen LogP contribution is 2.26. The van der Waals surface area contributed by atoms with Crippen LogP contribution in [0, 0.1) is 6.92 Å². The minimum absolute atomic E-state index is 0.0737. The zero-order chi connectivity index (χ0) is 22.5. The van der Waals surface area contributed by atoms with Crippen LogP contribution < -0.4 is 5.32 Å². The summed E-state index contributed by atoms with van der Waals surface area (Å²) in [6, 6.07) is 15.6. The molecule has 0 bridgehead atoms. The van der Waals surface area contributed by atoms with E-state index in [1.165, 1.54) is 11.3 Å². The molecule has 1 N–H and O–H groups in total. The van der Waals surface area contributed by atoms with Crippen molar-refractivity contribution < 1.29 is 14.3 Å². The molecule has 0 spiro atoms. The number of amides is 1. The number of halogens is 1. The van der Waals surface area contributed by atoms with Crippen LogP contribution in [-0.2, 0) is 9.53 Å². The number of hydrogen-bond donors (Lipinski definition) is 1. The highest BCUT2D eigenvalue weighted by atomic mass is 35.5. The van der Waals surface area contributed by atoms with Crippen LogP contribution in [0.5, 0.6) is 0 Å². The van der Waals surface area contributed by atoms with E-state index >= 15 is 0 Å². The zero-order valence-electron chi connectivity index (χ0n) is 16.9. The van der Waals surface area contributed by atoms with Crippen molar-refractivity contribution in [2.45, 2.75) is 13.0 Å². The Balaban J connectivity index is 1.56. The van der Waals surface area contributed by atoms with Crippen LogP contribution in [-0.4, -0.2) is 26.8 Å². The van der Waals surface area contributed by atoms with Gasteiger partial charge in [-0.25, -0.2) is 19.7 Å². The predicted octanol–water partition coefficient (Wildman–Crippen LogP) is 5.10. The number of benzene rings is 2. The lowest BCUT2D eigenvalue weighted by atomic mass is 10.1. The Morgan fingerprint density at radius 2 is 1.81 bits per heavy atom. The van der Waals surface area contributed by atoms with Crippen molar-refractivity contribution >= 4 is 40.5 Å². The number of carbonyl (C=O) groups excluding carboxylic acids is 2. The summed E-state index contributed by atoms with van der Waals surface area (Å²) in [7, 11) is 0. The second-order valence-electron chi connectivity index (χ2n) is 6.76. The molecule has 7 nitrogen and oxygen atoms in total. The molecule has 9 heteroatoms. The van der Waals surface area contributed by atoms with Gasteiger partial charge in [0, 0.05) is 34.0 Å². The van der Waals surface area contributed by atoms with Gasteiger partial charge in [-0.2, -0.15) is 0 Å². The van der Waals surface area contributed by atoms with Crippen molar-refractivity contribution in [1.29, 1.82) is 0 Å². The van der Waals surface area contributed by atoms with Crippen molar-refractivity contribution in [1.82, 2.24) is 15.0 Å². The first kappa shape index (κ1) is 21.6. The minimum Gasteiger partial charge on any atom is -0.443 e. The van der Waals surface area contributed by atoms with Crippen molar-refractivity contribution in [2.75, 3.05) is 5.32 Å². The van der Waals surface area contributed by atoms with Crippen LogP contribution >= 0.6 is 22.9 Å². The van der Waals surface area contributed by atoms with Crippen molar-refractivity contribution in [3.05, 3.63) is 94.2 Å². The number of rotatable bonds is 6. The summed E-state index contributed by atoms with van der Waals surface area (Å²) in [6.45, 7) is 1.87. The van der Waals surface area contributed by atoms with Crippen LogP contribution in [0.15, 0.2) is 72.4 Å². The summed E-state index contributed by atoms with van der Waals surface area (Å²) in [5.41, 5.74) is 1.99. The van der Waals surface area contributed by atoms with E-state index < -0.39 is 18.0 Å². The van der Waals surface area contributed by atoms with Gasteiger partial charge in [0.15, 0.2) is 16.5 Å². The summed E-state index contributed by atoms with van der Waals surface area (Å²) in [5.74, 6) is -0.828. The van der Waals surface area contributed by atoms with Gasteiger partial charge in [-0.1, -0.05) is 48.0 Å². The van der Waals surface area contributed by atoms with Gasteiger partial charge in [0.05, 0.1) is 0 Å². The first-order valence-corrected chi connectivity index (χ1v) is 10.8. The number of anilines is 1. The maximum atomic E-state index is 13.0. The topological polar surface area (TPSA) is 94.1 Å². The highest BCUT2D eigenvalue weighted by Gasteiger charge is 2.27. The molecule has 1 unspecified atom stereocenters. The van der Waals surface area contributed by atoms with Crippen molar-refractivity contribution in [3.8, 4) is 10.8 Å². The number of aromatic nitrogens is 3. The van der Waals surface area contributed by atoms with Gasteiger partial charge < -0.3 is 10.1 Å². The Morgan fingerprint density at radius 3 is 2.53 bits per heavy atom. The lowest BCUT2D eigenvalue weighted by Gasteiger charge is -2.18. The van der Waals surface area contributed by atoms with Crippen LogP contribution in [0.1, 0.15) is 27.7 Å². The maximum Gasteiger partial charge on any atom is 0.358 e. The lowest BCUT2D eigenvalue weighted by molar-refractivity contribution is -0.125. The quantitative estimate of drug-likeness (QED) is 0.399. The van der Waals surface area contributed by atoms with Gasteiger partial charge in [0.1, 0.15) is 0 Å². The number of aryl methyl sites for hydroxylation is 1. The molecule has 0 saturated heterocycles. The van der Waals surface area contributed by atoms with E-state index in [0.717, 1.165) is 5.56 Å². The third kappa shape index (κ3) is 4.99. The number of hydrogen-bond acceptors (Lipinski definition) is 7. The normalized spacial score (nSPS) is 11.6. The number of esters is 1. The standard InChI is InChI=1S/C23H17ClN4O3S/c1-14-8-9-16(12-17(14)24)27-21(29)19(15-6-3-2-4-7-15)31-23(30)18-13-32-22(28-18)20-25-10-5-11-26-20/h2-13,19H,1H3,(H,27,29). The molecule has 0 aliphatic heterocycles. The Labute approximate surface area is 193 Å². The Bertz CT molecular complexity index is 1250. The minimum atomic E-state index is -1.18. The van der Waals surface area contributed by atoms with Gasteiger partial charge in [-0.15, -0.1) is 11.3 Å². The Kier molecular flexibility index (Phi) is 6.53. The van der Waals surface area contributed by atoms with E-state index in [0.29, 0.717) is 27.1 Å². The fourth-order valence-corrected chi connectivity index (χ4v) is 3.74. The smallest absolute Gasteiger partial charge is 0.358 e. The summed E-state index contributed by atoms with van der Waals surface area (Å²) >= 11 is 7.37. The van der Waals surface area contributed by atoms with Crippen molar-refractivity contribution in [2.24, 2.45) is 0 Å². The molecule has 0 saturated carbocycles. The maximum absolute atomic E-state index is 13.0. The van der Waals surface area contributed by atoms with E-state index in [2.05, 4.69) is 20.3 Å². The summed E-state index contributed by atoms with van der Waals surface area (Å²) in [6.07, 6.45) is 2.01. The molecule has 2 heterocycles. The van der Waals surface area contributed by atoms with Crippen LogP contribution in [0.4, 0.5) is 5.69 Å². The van der Waals surface area contributed by atoms with E-state index in [1.54, 1.807) is 66.3 Å². The molecule has 0 aliphatic carbocycles. The van der Waals surface area contributed by atoms with Crippen LogP contribution in [0.25, 0.3) is 10.8 Å². The summed E-state index contributed by atoms with van der Waals surface area (Å²) in [4.78, 5) is 38.4. The average molecular weight is 465 g/mol. The monoisotopic (exact) mass is 464 g/mol. The zero-order valence-corrected chi connectivity index (χ0v) is 18.4. The molecule has 0 radical (unpaired) electrons. The molecule has 1 atom stereocenters. The Morgan fingerprint density at radius 1 is 1.06 bits per heavy atom. The molecule has 2 aromatic heterocycles. The molecule has 0 fully saturated rings. The molecule has 160 valence electrons. The highest BCUT2D eigenvalue weighted by molar-refractivity contribution is 7.13. The number of nitrogens with zero attached hydrogens (tertiary/aromatic N) is 3. The second-order valence-corrected chi connectivity index (χ2v) is 8.02. The van der Waals surface area contributed by atoms with Crippen LogP contribution in [0.2, 0.25) is 5.02 Å². The van der Waals surface area contributed by atoms with Gasteiger partial charge in [0.25, 0.3) is 5.91 Å². The van der Waals surface area contributed by atoms with E-state index in [-0.39, 0.29) is 5.69 Å². The lowest BCUT2D eigenvalue weighted by Crippen LogP contribution is -2.26. The molecular formula is C23H17ClN4O3S. The fraction of sp³-hybridized carbons (Fsp3) is 0.0870. The van der Waals surface area contributed by atoms with E-state index in [4.69, 9.17) is 16.3 Å².